The van der Waals surface area contributed by atoms with Crippen molar-refractivity contribution in [2.75, 3.05) is 31.8 Å². The van der Waals surface area contributed by atoms with Crippen LogP contribution in [0.25, 0.3) is 0 Å². The molecule has 0 saturated carbocycles. The highest BCUT2D eigenvalue weighted by molar-refractivity contribution is 7.54. The molecule has 1 unspecified atom stereocenters. The largest absolute Gasteiger partial charge is 0.497 e. The summed E-state index contributed by atoms with van der Waals surface area (Å²) < 4.78 is 30.6. The van der Waals surface area contributed by atoms with Crippen LogP contribution in [-0.2, 0) is 20.0 Å². The van der Waals surface area contributed by atoms with Crippen molar-refractivity contribution in [1.29, 1.82) is 0 Å². The van der Waals surface area contributed by atoms with Crippen LogP contribution in [0.5, 0.6) is 5.75 Å². The molecule has 1 atom stereocenters. The van der Waals surface area contributed by atoms with Gasteiger partial charge in [0.05, 0.1) is 20.3 Å². The molecule has 5 nitrogen and oxygen atoms in total. The lowest BCUT2D eigenvalue weighted by molar-refractivity contribution is 0.210. The average molecular weight is 375 g/mol. The van der Waals surface area contributed by atoms with Gasteiger partial charge < -0.3 is 18.7 Å². The number of hydrogen-bond donors (Lipinski definition) is 0. The van der Waals surface area contributed by atoms with Gasteiger partial charge in [-0.15, -0.1) is 0 Å². The topological polar surface area (TPSA) is 48.0 Å². The van der Waals surface area contributed by atoms with Crippen molar-refractivity contribution in [2.45, 2.75) is 26.1 Å². The summed E-state index contributed by atoms with van der Waals surface area (Å²) in [6.07, 6.45) is 0.877. The van der Waals surface area contributed by atoms with Crippen LogP contribution in [-0.4, -0.2) is 26.9 Å². The van der Waals surface area contributed by atoms with Gasteiger partial charge in [-0.1, -0.05) is 30.3 Å². The van der Waals surface area contributed by atoms with Crippen LogP contribution < -0.4 is 9.64 Å². The number of anilines is 1. The molecule has 6 heteroatoms. The van der Waals surface area contributed by atoms with E-state index in [4.69, 9.17) is 13.8 Å². The highest BCUT2D eigenvalue weighted by atomic mass is 31.2. The summed E-state index contributed by atoms with van der Waals surface area (Å²) in [5.41, 5.74) is 3.14. The van der Waals surface area contributed by atoms with E-state index in [-0.39, 0.29) is 0 Å². The number of rotatable bonds is 7. The summed E-state index contributed by atoms with van der Waals surface area (Å²) in [6, 6.07) is 15.9. The summed E-state index contributed by atoms with van der Waals surface area (Å²) in [7, 11) is -1.74. The number of hydrogen-bond acceptors (Lipinski definition) is 5. The van der Waals surface area contributed by atoms with Crippen molar-refractivity contribution < 1.29 is 18.3 Å². The zero-order valence-corrected chi connectivity index (χ0v) is 16.4. The molecular weight excluding hydrogens is 349 g/mol. The Morgan fingerprint density at radius 2 is 1.81 bits per heavy atom. The zero-order valence-electron chi connectivity index (χ0n) is 15.6. The Morgan fingerprint density at radius 3 is 2.50 bits per heavy atom. The molecule has 2 aromatic rings. The van der Waals surface area contributed by atoms with Crippen molar-refractivity contribution in [3.8, 4) is 5.75 Å². The van der Waals surface area contributed by atoms with Gasteiger partial charge in [-0.05, 0) is 43.5 Å². The highest BCUT2D eigenvalue weighted by Gasteiger charge is 2.44. The minimum Gasteiger partial charge on any atom is -0.497 e. The highest BCUT2D eigenvalue weighted by Crippen LogP contribution is 2.64. The second-order valence-corrected chi connectivity index (χ2v) is 8.18. The first-order valence-electron chi connectivity index (χ1n) is 9.00. The van der Waals surface area contributed by atoms with Crippen LogP contribution >= 0.6 is 7.60 Å². The predicted octanol–water partition coefficient (Wildman–Crippen LogP) is 5.02. The minimum atomic E-state index is -3.39. The van der Waals surface area contributed by atoms with Crippen LogP contribution in [0.4, 0.5) is 5.69 Å². The van der Waals surface area contributed by atoms with E-state index in [0.717, 1.165) is 30.0 Å². The quantitative estimate of drug-likeness (QED) is 0.636. The van der Waals surface area contributed by atoms with Crippen molar-refractivity contribution >= 4 is 13.3 Å². The van der Waals surface area contributed by atoms with Crippen LogP contribution in [0.15, 0.2) is 48.5 Å². The summed E-state index contributed by atoms with van der Waals surface area (Å²) in [5.74, 6) is 0.294. The Labute approximate surface area is 155 Å². The number of methoxy groups -OCH3 is 1. The first kappa shape index (κ1) is 19.0. The fourth-order valence-electron chi connectivity index (χ4n) is 3.48. The lowest BCUT2D eigenvalue weighted by Gasteiger charge is -2.41. The molecule has 0 aromatic heterocycles. The number of benzene rings is 2. The molecule has 26 heavy (non-hydrogen) atoms. The molecule has 0 spiro atoms. The molecule has 0 aliphatic carbocycles. The molecule has 140 valence electrons. The Morgan fingerprint density at radius 1 is 1.08 bits per heavy atom. The average Bonchev–Trinajstić information content (AvgIpc) is 2.67. The van der Waals surface area contributed by atoms with Gasteiger partial charge in [-0.3, -0.25) is 4.57 Å². The molecule has 3 rings (SSSR count). The van der Waals surface area contributed by atoms with Crippen LogP contribution in [0.3, 0.4) is 0 Å². The van der Waals surface area contributed by atoms with E-state index in [2.05, 4.69) is 11.0 Å². The summed E-state index contributed by atoms with van der Waals surface area (Å²) >= 11 is 0. The Kier molecular flexibility index (Phi) is 6.02. The smallest absolute Gasteiger partial charge is 0.357 e. The van der Waals surface area contributed by atoms with Gasteiger partial charge in [-0.2, -0.15) is 0 Å². The van der Waals surface area contributed by atoms with Crippen LogP contribution in [0.2, 0.25) is 0 Å². The molecule has 1 aliphatic heterocycles. The zero-order chi connectivity index (χ0) is 18.6. The first-order chi connectivity index (χ1) is 12.6. The fraction of sp³-hybridized carbons (Fsp3) is 0.400. The van der Waals surface area contributed by atoms with E-state index in [0.29, 0.717) is 13.2 Å². The molecule has 0 N–H and O–H groups in total. The van der Waals surface area contributed by atoms with E-state index in [9.17, 15) is 4.57 Å². The number of ether oxygens (including phenoxy) is 1. The van der Waals surface area contributed by atoms with E-state index in [1.807, 2.05) is 56.3 Å². The maximum atomic E-state index is 13.8. The van der Waals surface area contributed by atoms with Gasteiger partial charge in [0.1, 0.15) is 5.75 Å². The molecule has 1 aliphatic rings. The molecule has 0 bridgehead atoms. The lowest BCUT2D eigenvalue weighted by atomic mass is 9.99. The molecule has 0 amide bonds. The van der Waals surface area contributed by atoms with Gasteiger partial charge in [0.15, 0.2) is 5.78 Å². The number of fused-ring (bicyclic) bond motifs is 1. The normalized spacial score (nSPS) is 17.0. The second-order valence-electron chi connectivity index (χ2n) is 6.09. The van der Waals surface area contributed by atoms with Gasteiger partial charge in [0.25, 0.3) is 0 Å². The molecule has 2 aromatic carbocycles. The molecule has 0 saturated heterocycles. The summed E-state index contributed by atoms with van der Waals surface area (Å²) in [5, 5.41) is 0. The predicted molar refractivity (Wildman–Crippen MR) is 104 cm³/mol. The van der Waals surface area contributed by atoms with Crippen molar-refractivity contribution in [2.24, 2.45) is 0 Å². The third-order valence-corrected chi connectivity index (χ3v) is 6.95. The maximum Gasteiger partial charge on any atom is 0.357 e. The second kappa shape index (κ2) is 8.26. The van der Waals surface area contributed by atoms with Crippen molar-refractivity contribution in [1.82, 2.24) is 0 Å². The number of nitrogens with zero attached hydrogens (tertiary/aromatic N) is 1. The lowest BCUT2D eigenvalue weighted by Crippen LogP contribution is -2.36. The molecule has 1 heterocycles. The first-order valence-corrected chi connectivity index (χ1v) is 10.6. The standard InChI is InChI=1S/C20H26NO4P/c1-4-24-26(22,25-5-2)20-19-12-7-6-9-16(19)13-14-21(20)17-10-8-11-18(15-17)23-3/h6-12,15,20H,4-5,13-14H2,1-3H3. The molecule has 0 fully saturated rings. The van der Waals surface area contributed by atoms with E-state index < -0.39 is 13.4 Å². The third-order valence-electron chi connectivity index (χ3n) is 4.55. The SMILES string of the molecule is CCOP(=O)(OCC)C1c2ccccc2CCN1c1cccc(OC)c1. The van der Waals surface area contributed by atoms with Gasteiger partial charge in [0.2, 0.25) is 0 Å². The van der Waals surface area contributed by atoms with Crippen molar-refractivity contribution in [3.05, 3.63) is 59.7 Å². The minimum absolute atomic E-state index is 0.335. The van der Waals surface area contributed by atoms with Crippen LogP contribution in [0.1, 0.15) is 30.8 Å². The Bertz CT molecular complexity index is 785. The molecule has 0 radical (unpaired) electrons. The summed E-state index contributed by atoms with van der Waals surface area (Å²) in [6.45, 7) is 5.09. The van der Waals surface area contributed by atoms with Crippen molar-refractivity contribution in [3.63, 3.8) is 0 Å². The maximum absolute atomic E-state index is 13.8. The van der Waals surface area contributed by atoms with Crippen LogP contribution in [0, 0.1) is 0 Å². The van der Waals surface area contributed by atoms with Gasteiger partial charge in [0, 0.05) is 18.3 Å². The van der Waals surface area contributed by atoms with E-state index in [1.165, 1.54) is 5.56 Å². The van der Waals surface area contributed by atoms with E-state index >= 15 is 0 Å². The van der Waals surface area contributed by atoms with Gasteiger partial charge >= 0.3 is 7.60 Å². The Balaban J connectivity index is 2.12. The van der Waals surface area contributed by atoms with Gasteiger partial charge in [-0.25, -0.2) is 0 Å². The molecular formula is C20H26NO4P. The Hall–Kier alpha value is -1.81. The fourth-order valence-corrected chi connectivity index (χ4v) is 5.74. The third kappa shape index (κ3) is 3.66. The monoisotopic (exact) mass is 375 g/mol. The van der Waals surface area contributed by atoms with E-state index in [1.54, 1.807) is 7.11 Å². The summed E-state index contributed by atoms with van der Waals surface area (Å²) in [4.78, 5) is 2.12.